The Bertz CT molecular complexity index is 3020. The number of benzene rings is 11. The molecule has 0 aromatic heterocycles. The van der Waals surface area contributed by atoms with E-state index in [2.05, 4.69) is 170 Å². The zero-order chi connectivity index (χ0) is 31.3. The van der Waals surface area contributed by atoms with Gasteiger partial charge in [-0.2, -0.15) is 0 Å². The molecule has 0 saturated carbocycles. The van der Waals surface area contributed by atoms with E-state index in [0.717, 1.165) is 0 Å². The fourth-order valence-electron chi connectivity index (χ4n) is 8.61. The zero-order valence-electron chi connectivity index (χ0n) is 26.2. The fourth-order valence-corrected chi connectivity index (χ4v) is 8.61. The van der Waals surface area contributed by atoms with Crippen molar-refractivity contribution >= 4 is 75.4 Å². The first kappa shape index (κ1) is 25.9. The molecule has 11 rings (SSSR count). The molecule has 0 heterocycles. The predicted octanol–water partition coefficient (Wildman–Crippen LogP) is 13.6. The summed E-state index contributed by atoms with van der Waals surface area (Å²) in [4.78, 5) is 0. The molecule has 0 amide bonds. The Balaban J connectivity index is 1.18. The summed E-state index contributed by atoms with van der Waals surface area (Å²) in [7, 11) is 0. The molecule has 0 aliphatic carbocycles. The molecule has 0 heteroatoms. The first-order valence-corrected chi connectivity index (χ1v) is 16.8. The van der Waals surface area contributed by atoms with Gasteiger partial charge in [-0.25, -0.2) is 0 Å². The number of hydrogen-bond donors (Lipinski definition) is 0. The molecule has 0 aliphatic rings. The van der Waals surface area contributed by atoms with Crippen molar-refractivity contribution in [2.75, 3.05) is 0 Å². The lowest BCUT2D eigenvalue weighted by Crippen LogP contribution is -1.92. The molecule has 0 bridgehead atoms. The molecule has 0 unspecified atom stereocenters. The summed E-state index contributed by atoms with van der Waals surface area (Å²) in [6, 6.07) is 63.5. The van der Waals surface area contributed by atoms with E-state index in [0.29, 0.717) is 0 Å². The predicted molar refractivity (Wildman–Crippen MR) is 208 cm³/mol. The van der Waals surface area contributed by atoms with E-state index in [4.69, 9.17) is 0 Å². The lowest BCUT2D eigenvalue weighted by molar-refractivity contribution is 1.62. The van der Waals surface area contributed by atoms with Crippen molar-refractivity contribution in [3.05, 3.63) is 170 Å². The van der Waals surface area contributed by atoms with Crippen LogP contribution >= 0.6 is 0 Å². The average Bonchev–Trinajstić information content (AvgIpc) is 3.15. The highest BCUT2D eigenvalue weighted by atomic mass is 14.2. The van der Waals surface area contributed by atoms with E-state index in [1.54, 1.807) is 0 Å². The second-order valence-electron chi connectivity index (χ2n) is 13.2. The van der Waals surface area contributed by atoms with Crippen molar-refractivity contribution in [3.8, 4) is 33.4 Å². The Morgan fingerprint density at radius 1 is 0.229 bits per heavy atom. The van der Waals surface area contributed by atoms with E-state index < -0.39 is 0 Å². The quantitative estimate of drug-likeness (QED) is 0.176. The minimum absolute atomic E-state index is 1.23. The van der Waals surface area contributed by atoms with Gasteiger partial charge in [-0.1, -0.05) is 164 Å². The molecule has 0 saturated heterocycles. The summed E-state index contributed by atoms with van der Waals surface area (Å²) < 4.78 is 0. The topological polar surface area (TPSA) is 0 Å². The number of fused-ring (bicyclic) bond motifs is 1. The first-order chi connectivity index (χ1) is 23.8. The second-order valence-corrected chi connectivity index (χ2v) is 13.2. The Kier molecular flexibility index (Phi) is 5.20. The van der Waals surface area contributed by atoms with Gasteiger partial charge < -0.3 is 0 Å². The van der Waals surface area contributed by atoms with Crippen molar-refractivity contribution in [2.24, 2.45) is 0 Å². The van der Waals surface area contributed by atoms with Crippen LogP contribution in [0.3, 0.4) is 0 Å². The molecule has 0 spiro atoms. The summed E-state index contributed by atoms with van der Waals surface area (Å²) in [6.07, 6.45) is 0. The lowest BCUT2D eigenvalue weighted by Gasteiger charge is -2.19. The molecular weight excluding hydrogens is 577 g/mol. The normalized spacial score (nSPS) is 12.2. The molecule has 0 aliphatic heterocycles. The first-order valence-electron chi connectivity index (χ1n) is 16.8. The Labute approximate surface area is 277 Å². The van der Waals surface area contributed by atoms with Gasteiger partial charge in [0.15, 0.2) is 0 Å². The maximum absolute atomic E-state index is 2.41. The van der Waals surface area contributed by atoms with Gasteiger partial charge in [0, 0.05) is 0 Å². The van der Waals surface area contributed by atoms with Crippen LogP contribution in [0.5, 0.6) is 0 Å². The van der Waals surface area contributed by atoms with Gasteiger partial charge in [0.1, 0.15) is 0 Å². The molecule has 220 valence electrons. The van der Waals surface area contributed by atoms with Crippen LogP contribution in [0.1, 0.15) is 0 Å². The van der Waals surface area contributed by atoms with E-state index in [9.17, 15) is 0 Å². The SMILES string of the molecule is c1cc(-c2c(-c3ccc4ccc5cccc6ccc3c4c56)ccc3ccccc23)cc(-c2ccc3ccc4cccc5ccc2c3c45)c1. The molecule has 0 atom stereocenters. The molecular formula is C48H28. The maximum Gasteiger partial charge on any atom is -0.00206 e. The summed E-state index contributed by atoms with van der Waals surface area (Å²) in [5.74, 6) is 0. The molecule has 0 radical (unpaired) electrons. The average molecular weight is 605 g/mol. The lowest BCUT2D eigenvalue weighted by atomic mass is 9.84. The molecule has 48 heavy (non-hydrogen) atoms. The van der Waals surface area contributed by atoms with Crippen LogP contribution in [0.15, 0.2) is 170 Å². The van der Waals surface area contributed by atoms with Crippen molar-refractivity contribution in [1.82, 2.24) is 0 Å². The van der Waals surface area contributed by atoms with Gasteiger partial charge >= 0.3 is 0 Å². The van der Waals surface area contributed by atoms with Crippen molar-refractivity contribution in [1.29, 1.82) is 0 Å². The van der Waals surface area contributed by atoms with Crippen LogP contribution in [-0.2, 0) is 0 Å². The Morgan fingerprint density at radius 2 is 0.667 bits per heavy atom. The third-order valence-corrected chi connectivity index (χ3v) is 10.7. The highest BCUT2D eigenvalue weighted by molar-refractivity contribution is 6.27. The summed E-state index contributed by atoms with van der Waals surface area (Å²) in [5, 5.41) is 18.3. The van der Waals surface area contributed by atoms with Crippen molar-refractivity contribution in [3.63, 3.8) is 0 Å². The van der Waals surface area contributed by atoms with Gasteiger partial charge in [-0.05, 0) is 115 Å². The van der Waals surface area contributed by atoms with Gasteiger partial charge in [0.2, 0.25) is 0 Å². The highest BCUT2D eigenvalue weighted by Crippen LogP contribution is 2.46. The Hall–Kier alpha value is -6.24. The van der Waals surface area contributed by atoms with Crippen LogP contribution in [-0.4, -0.2) is 0 Å². The minimum atomic E-state index is 1.23. The van der Waals surface area contributed by atoms with E-state index >= 15 is 0 Å². The second kappa shape index (κ2) is 9.64. The van der Waals surface area contributed by atoms with Gasteiger partial charge in [0.25, 0.3) is 0 Å². The number of rotatable bonds is 3. The third kappa shape index (κ3) is 3.55. The molecule has 11 aromatic carbocycles. The maximum atomic E-state index is 2.41. The minimum Gasteiger partial charge on any atom is -0.0616 e. The fraction of sp³-hybridized carbons (Fsp3) is 0. The zero-order valence-corrected chi connectivity index (χ0v) is 26.2. The van der Waals surface area contributed by atoms with Crippen LogP contribution in [0.4, 0.5) is 0 Å². The van der Waals surface area contributed by atoms with Crippen molar-refractivity contribution < 1.29 is 0 Å². The van der Waals surface area contributed by atoms with Crippen LogP contribution in [0, 0.1) is 0 Å². The van der Waals surface area contributed by atoms with Gasteiger partial charge in [-0.3, -0.25) is 0 Å². The van der Waals surface area contributed by atoms with Crippen LogP contribution < -0.4 is 0 Å². The smallest absolute Gasteiger partial charge is 0.00206 e. The molecule has 0 nitrogen and oxygen atoms in total. The number of hydrogen-bond acceptors (Lipinski definition) is 0. The molecule has 0 fully saturated rings. The van der Waals surface area contributed by atoms with E-state index in [1.165, 1.54) is 109 Å². The third-order valence-electron chi connectivity index (χ3n) is 10.7. The van der Waals surface area contributed by atoms with E-state index in [1.807, 2.05) is 0 Å². The van der Waals surface area contributed by atoms with Crippen LogP contribution in [0.2, 0.25) is 0 Å². The standard InChI is InChI=1S/C48H28/c1-2-13-39-29(6-1)18-25-42(40-24-20-35-17-15-31-8-4-10-33-22-27-43(40)48(35)45(31)33)46(39)37-12-5-11-36(28-37)38-23-19-34-16-14-30-7-3-9-32-21-26-41(38)47(34)44(30)32/h1-28H. The van der Waals surface area contributed by atoms with Gasteiger partial charge in [-0.15, -0.1) is 0 Å². The summed E-state index contributed by atoms with van der Waals surface area (Å²) in [6.45, 7) is 0. The summed E-state index contributed by atoms with van der Waals surface area (Å²) >= 11 is 0. The monoisotopic (exact) mass is 604 g/mol. The molecule has 11 aromatic rings. The largest absolute Gasteiger partial charge is 0.0616 e. The molecule has 0 N–H and O–H groups in total. The Morgan fingerprint density at radius 3 is 1.33 bits per heavy atom. The van der Waals surface area contributed by atoms with Crippen LogP contribution in [0.25, 0.3) is 109 Å². The highest BCUT2D eigenvalue weighted by Gasteiger charge is 2.18. The van der Waals surface area contributed by atoms with Gasteiger partial charge in [0.05, 0.1) is 0 Å². The van der Waals surface area contributed by atoms with Crippen molar-refractivity contribution in [2.45, 2.75) is 0 Å². The summed E-state index contributed by atoms with van der Waals surface area (Å²) in [5.41, 5.74) is 7.55. The van der Waals surface area contributed by atoms with E-state index in [-0.39, 0.29) is 0 Å².